The Morgan fingerprint density at radius 1 is 1.57 bits per heavy atom. The maximum atomic E-state index is 10.7. The maximum absolute atomic E-state index is 10.7. The third-order valence-electron chi connectivity index (χ3n) is 1.85. The fourth-order valence-electron chi connectivity index (χ4n) is 1.12. The number of aromatic nitrogens is 1. The Morgan fingerprint density at radius 2 is 2.14 bits per heavy atom. The van der Waals surface area contributed by atoms with Crippen LogP contribution in [0.5, 0.6) is 0 Å². The van der Waals surface area contributed by atoms with E-state index in [2.05, 4.69) is 4.98 Å². The summed E-state index contributed by atoms with van der Waals surface area (Å²) in [5.41, 5.74) is 0.652. The summed E-state index contributed by atoms with van der Waals surface area (Å²) in [6.07, 6.45) is 0. The van der Waals surface area contributed by atoms with Gasteiger partial charge in [0, 0.05) is 0 Å². The van der Waals surface area contributed by atoms with Crippen LogP contribution in [-0.4, -0.2) is 16.1 Å². The number of hydrogen-bond donors (Lipinski definition) is 1. The van der Waals surface area contributed by atoms with Gasteiger partial charge in [0.15, 0.2) is 5.69 Å². The summed E-state index contributed by atoms with van der Waals surface area (Å²) < 4.78 is 0. The molecule has 0 fully saturated rings. The molecule has 14 heavy (non-hydrogen) atoms. The predicted molar refractivity (Wildman–Crippen MR) is 50.4 cm³/mol. The molecular formula is C9H7ClN2O2. The summed E-state index contributed by atoms with van der Waals surface area (Å²) in [7, 11) is 0. The van der Waals surface area contributed by atoms with E-state index in [1.807, 2.05) is 0 Å². The Morgan fingerprint density at radius 3 is 2.57 bits per heavy atom. The van der Waals surface area contributed by atoms with Gasteiger partial charge in [-0.25, -0.2) is 9.78 Å². The fraction of sp³-hybridized carbons (Fsp3) is 0.222. The molecule has 1 N–H and O–H groups in total. The number of aromatic carboxylic acids is 1. The second kappa shape index (κ2) is 3.64. The Labute approximate surface area is 85.8 Å². The lowest BCUT2D eigenvalue weighted by molar-refractivity contribution is 0.0689. The molecule has 0 atom stereocenters. The summed E-state index contributed by atoms with van der Waals surface area (Å²) >= 11 is 5.83. The van der Waals surface area contributed by atoms with Crippen molar-refractivity contribution in [3.8, 4) is 6.07 Å². The molecule has 0 radical (unpaired) electrons. The highest BCUT2D eigenvalue weighted by molar-refractivity contribution is 6.32. The van der Waals surface area contributed by atoms with E-state index in [1.165, 1.54) is 0 Å². The van der Waals surface area contributed by atoms with E-state index >= 15 is 0 Å². The number of hydrogen-bond acceptors (Lipinski definition) is 3. The van der Waals surface area contributed by atoms with Crippen molar-refractivity contribution < 1.29 is 9.90 Å². The van der Waals surface area contributed by atoms with Gasteiger partial charge < -0.3 is 5.11 Å². The predicted octanol–water partition coefficient (Wildman–Crippen LogP) is 1.92. The maximum Gasteiger partial charge on any atom is 0.355 e. The summed E-state index contributed by atoms with van der Waals surface area (Å²) in [6.45, 7) is 3.20. The molecule has 0 spiro atoms. The van der Waals surface area contributed by atoms with E-state index in [1.54, 1.807) is 19.9 Å². The number of pyridine rings is 1. The van der Waals surface area contributed by atoms with Gasteiger partial charge in [-0.2, -0.15) is 5.26 Å². The molecule has 0 unspecified atom stereocenters. The highest BCUT2D eigenvalue weighted by Gasteiger charge is 2.18. The van der Waals surface area contributed by atoms with Crippen LogP contribution in [0.2, 0.25) is 5.02 Å². The average molecular weight is 211 g/mol. The molecular weight excluding hydrogens is 204 g/mol. The summed E-state index contributed by atoms with van der Waals surface area (Å²) in [5.74, 6) is -1.22. The summed E-state index contributed by atoms with van der Waals surface area (Å²) in [5, 5.41) is 17.9. The van der Waals surface area contributed by atoms with Gasteiger partial charge in [-0.3, -0.25) is 0 Å². The van der Waals surface area contributed by atoms with Crippen LogP contribution in [0, 0.1) is 25.2 Å². The van der Waals surface area contributed by atoms with Gasteiger partial charge in [-0.05, 0) is 19.4 Å². The van der Waals surface area contributed by atoms with E-state index in [0.717, 1.165) is 0 Å². The number of carboxylic acids is 1. The first-order valence-electron chi connectivity index (χ1n) is 3.79. The topological polar surface area (TPSA) is 74.0 Å². The highest BCUT2D eigenvalue weighted by atomic mass is 35.5. The smallest absolute Gasteiger partial charge is 0.355 e. The third kappa shape index (κ3) is 1.54. The number of carbonyl (C=O) groups is 1. The first-order valence-corrected chi connectivity index (χ1v) is 4.17. The Bertz CT molecular complexity index is 449. The van der Waals surface area contributed by atoms with Crippen LogP contribution in [-0.2, 0) is 0 Å². The van der Waals surface area contributed by atoms with Gasteiger partial charge in [0.25, 0.3) is 0 Å². The monoisotopic (exact) mass is 210 g/mol. The minimum atomic E-state index is -1.22. The molecule has 0 amide bonds. The van der Waals surface area contributed by atoms with Crippen molar-refractivity contribution in [3.05, 3.63) is 27.5 Å². The van der Waals surface area contributed by atoms with Crippen LogP contribution in [0.3, 0.4) is 0 Å². The van der Waals surface area contributed by atoms with E-state index in [4.69, 9.17) is 22.0 Å². The normalized spacial score (nSPS) is 9.57. The van der Waals surface area contributed by atoms with Gasteiger partial charge in [0.05, 0.1) is 16.3 Å². The number of halogens is 1. The van der Waals surface area contributed by atoms with Crippen LogP contribution in [0.1, 0.15) is 27.3 Å². The van der Waals surface area contributed by atoms with Crippen molar-refractivity contribution in [1.29, 1.82) is 5.26 Å². The Kier molecular flexibility index (Phi) is 2.73. The lowest BCUT2D eigenvalue weighted by Gasteiger charge is -2.06. The zero-order valence-corrected chi connectivity index (χ0v) is 8.38. The molecule has 72 valence electrons. The first-order chi connectivity index (χ1) is 6.49. The lowest BCUT2D eigenvalue weighted by Crippen LogP contribution is -2.07. The first kappa shape index (κ1) is 10.5. The standard InChI is InChI=1S/C9H7ClN2O2/c1-4-6(3-11)8(9(13)14)12-5(2)7(4)10/h1-2H3,(H,13,14). The van der Waals surface area contributed by atoms with Crippen LogP contribution in [0.15, 0.2) is 0 Å². The molecule has 1 rings (SSSR count). The molecule has 0 aliphatic carbocycles. The number of carboxylic acid groups (broad SMARTS) is 1. The van der Waals surface area contributed by atoms with Gasteiger partial charge in [0.1, 0.15) is 6.07 Å². The van der Waals surface area contributed by atoms with E-state index in [9.17, 15) is 4.79 Å². The lowest BCUT2D eigenvalue weighted by atomic mass is 10.1. The van der Waals surface area contributed by atoms with Crippen molar-refractivity contribution in [1.82, 2.24) is 4.98 Å². The van der Waals surface area contributed by atoms with Gasteiger partial charge >= 0.3 is 5.97 Å². The van der Waals surface area contributed by atoms with Crippen molar-refractivity contribution in [2.24, 2.45) is 0 Å². The Balaban J connectivity index is 3.62. The van der Waals surface area contributed by atoms with Crippen molar-refractivity contribution >= 4 is 17.6 Å². The molecule has 0 bridgehead atoms. The van der Waals surface area contributed by atoms with Gasteiger partial charge in [-0.1, -0.05) is 11.6 Å². The van der Waals surface area contributed by atoms with E-state index in [0.29, 0.717) is 16.3 Å². The Hall–Kier alpha value is -1.60. The third-order valence-corrected chi connectivity index (χ3v) is 2.41. The molecule has 0 saturated heterocycles. The van der Waals surface area contributed by atoms with E-state index < -0.39 is 5.97 Å². The van der Waals surface area contributed by atoms with Crippen molar-refractivity contribution in [2.45, 2.75) is 13.8 Å². The number of aryl methyl sites for hydroxylation is 1. The second-order valence-electron chi connectivity index (χ2n) is 2.78. The molecule has 0 aromatic carbocycles. The fourth-order valence-corrected chi connectivity index (χ4v) is 1.26. The second-order valence-corrected chi connectivity index (χ2v) is 3.15. The minimum absolute atomic E-state index is 0.0214. The molecule has 1 aromatic heterocycles. The van der Waals surface area contributed by atoms with Crippen molar-refractivity contribution in [2.75, 3.05) is 0 Å². The van der Waals surface area contributed by atoms with Crippen LogP contribution in [0.25, 0.3) is 0 Å². The SMILES string of the molecule is Cc1nc(C(=O)O)c(C#N)c(C)c1Cl. The molecule has 0 aliphatic heterocycles. The molecule has 5 heteroatoms. The summed E-state index contributed by atoms with van der Waals surface area (Å²) in [4.78, 5) is 14.5. The summed E-state index contributed by atoms with van der Waals surface area (Å²) in [6, 6.07) is 1.79. The van der Waals surface area contributed by atoms with Crippen LogP contribution < -0.4 is 0 Å². The molecule has 1 heterocycles. The van der Waals surface area contributed by atoms with Crippen LogP contribution >= 0.6 is 11.6 Å². The van der Waals surface area contributed by atoms with Crippen LogP contribution in [0.4, 0.5) is 0 Å². The number of nitrogens with zero attached hydrogens (tertiary/aromatic N) is 2. The van der Waals surface area contributed by atoms with Crippen molar-refractivity contribution in [3.63, 3.8) is 0 Å². The minimum Gasteiger partial charge on any atom is -0.476 e. The van der Waals surface area contributed by atoms with Gasteiger partial charge in [0.2, 0.25) is 0 Å². The molecule has 0 saturated carbocycles. The number of rotatable bonds is 1. The molecule has 4 nitrogen and oxygen atoms in total. The number of nitriles is 1. The largest absolute Gasteiger partial charge is 0.476 e. The zero-order chi connectivity index (χ0) is 10.9. The molecule has 0 aliphatic rings. The quantitative estimate of drug-likeness (QED) is 0.769. The van der Waals surface area contributed by atoms with Gasteiger partial charge in [-0.15, -0.1) is 0 Å². The van der Waals surface area contributed by atoms with E-state index in [-0.39, 0.29) is 11.3 Å². The average Bonchev–Trinajstić information content (AvgIpc) is 2.13. The highest BCUT2D eigenvalue weighted by Crippen LogP contribution is 2.23. The zero-order valence-electron chi connectivity index (χ0n) is 7.63. The molecule has 1 aromatic rings.